The highest BCUT2D eigenvalue weighted by molar-refractivity contribution is 7.81. The van der Waals surface area contributed by atoms with Gasteiger partial charge < -0.3 is 20.4 Å². The third-order valence-electron chi connectivity index (χ3n) is 4.61. The second kappa shape index (κ2) is 23.3. The van der Waals surface area contributed by atoms with E-state index in [1.54, 1.807) is 0 Å². The first-order chi connectivity index (χ1) is 13.4. The first-order valence-corrected chi connectivity index (χ1v) is 12.0. The summed E-state index contributed by atoms with van der Waals surface area (Å²) in [4.78, 5) is 10.4. The molecule has 0 amide bonds. The van der Waals surface area contributed by atoms with E-state index in [-0.39, 0.29) is 24.4 Å². The van der Waals surface area contributed by atoms with Crippen molar-refractivity contribution in [2.45, 2.75) is 114 Å². The van der Waals surface area contributed by atoms with Gasteiger partial charge in [-0.25, -0.2) is 0 Å². The second-order valence-electron chi connectivity index (χ2n) is 7.41. The van der Waals surface area contributed by atoms with E-state index >= 15 is 0 Å². The smallest absolute Gasteiger partial charge is 0.303 e. The van der Waals surface area contributed by atoms with Crippen LogP contribution in [0.5, 0.6) is 0 Å². The van der Waals surface area contributed by atoms with Crippen LogP contribution in [0.2, 0.25) is 0 Å². The minimum absolute atomic E-state index is 0.0923. The Bertz CT molecular complexity index is 328. The van der Waals surface area contributed by atoms with Gasteiger partial charge in [0.05, 0.1) is 18.8 Å². The first kappa shape index (κ1) is 30.2. The summed E-state index contributed by atoms with van der Waals surface area (Å²) in [5.41, 5.74) is 0. The van der Waals surface area contributed by atoms with Gasteiger partial charge in [0.2, 0.25) is 0 Å². The molecule has 0 radical (unpaired) electrons. The molecule has 3 atom stereocenters. The number of carboxylic acid groups (broad SMARTS) is 1. The monoisotopic (exact) mass is 440 g/mol. The van der Waals surface area contributed by atoms with Crippen molar-refractivity contribution in [3.8, 4) is 0 Å². The average molecular weight is 441 g/mol. The lowest BCUT2D eigenvalue weighted by molar-refractivity contribution is -0.137. The van der Waals surface area contributed by atoms with E-state index in [9.17, 15) is 9.90 Å². The molecule has 0 spiro atoms. The van der Waals surface area contributed by atoms with Gasteiger partial charge in [-0.15, -0.1) is 0 Å². The number of carboxylic acids is 1. The van der Waals surface area contributed by atoms with Gasteiger partial charge in [-0.05, 0) is 19.3 Å². The van der Waals surface area contributed by atoms with Crippen LogP contribution in [0.4, 0.5) is 0 Å². The molecule has 0 bridgehead atoms. The molecule has 5 nitrogen and oxygen atoms in total. The molecule has 0 aliphatic heterocycles. The van der Waals surface area contributed by atoms with Crippen molar-refractivity contribution in [1.82, 2.24) is 0 Å². The normalized spacial score (nSPS) is 14.1. The number of rotatable bonds is 18. The Morgan fingerprint density at radius 1 is 0.857 bits per heavy atom. The maximum Gasteiger partial charge on any atom is 0.303 e. The summed E-state index contributed by atoms with van der Waals surface area (Å²) < 4.78 is 0. The third-order valence-corrected chi connectivity index (χ3v) is 5.63. The quantitative estimate of drug-likeness (QED) is 0.139. The van der Waals surface area contributed by atoms with Crippen LogP contribution < -0.4 is 0 Å². The number of thiol groups is 2. The molecule has 0 aliphatic carbocycles. The van der Waals surface area contributed by atoms with E-state index in [0.717, 1.165) is 51.4 Å². The lowest BCUT2D eigenvalue weighted by Gasteiger charge is -2.18. The molecule has 3 unspecified atom stereocenters. The molecule has 0 aromatic rings. The van der Waals surface area contributed by atoms with Crippen molar-refractivity contribution in [2.24, 2.45) is 0 Å². The van der Waals surface area contributed by atoms with E-state index in [2.05, 4.69) is 32.2 Å². The molecule has 0 fully saturated rings. The number of hydrogen-bond donors (Lipinski definition) is 6. The predicted octanol–water partition coefficient (Wildman–Crippen LogP) is 4.48. The number of aliphatic hydroxyl groups excluding tert-OH is 3. The molecule has 0 aromatic heterocycles. The Kier molecular flexibility index (Phi) is 25.2. The van der Waals surface area contributed by atoms with Crippen molar-refractivity contribution in [3.63, 3.8) is 0 Å². The van der Waals surface area contributed by atoms with Gasteiger partial charge in [0.25, 0.3) is 0 Å². The zero-order valence-electron chi connectivity index (χ0n) is 17.6. The fourth-order valence-electron chi connectivity index (χ4n) is 2.74. The molecule has 0 saturated carbocycles. The van der Waals surface area contributed by atoms with E-state index in [4.69, 9.17) is 15.3 Å². The maximum absolute atomic E-state index is 10.4. The fourth-order valence-corrected chi connectivity index (χ4v) is 3.18. The molecule has 0 aliphatic rings. The van der Waals surface area contributed by atoms with Crippen LogP contribution in [0.25, 0.3) is 0 Å². The Labute approximate surface area is 183 Å². The zero-order chi connectivity index (χ0) is 21.6. The van der Waals surface area contributed by atoms with Crippen LogP contribution in [-0.2, 0) is 4.79 Å². The van der Waals surface area contributed by atoms with Crippen LogP contribution in [0.15, 0.2) is 0 Å². The molecule has 28 heavy (non-hydrogen) atoms. The number of aliphatic carboxylic acids is 1. The summed E-state index contributed by atoms with van der Waals surface area (Å²) in [6.07, 6.45) is 13.8. The summed E-state index contributed by atoms with van der Waals surface area (Å²) in [6, 6.07) is 0. The SMILES string of the molecule is CCCCCCCCC(O)C(S)CCCCCCCC(=O)O.OCC(O)CS. The molecular weight excluding hydrogens is 396 g/mol. The minimum atomic E-state index is -0.701. The molecular formula is C21H44O5S2. The summed E-state index contributed by atoms with van der Waals surface area (Å²) in [5, 5.41) is 35.1. The van der Waals surface area contributed by atoms with E-state index in [0.29, 0.717) is 5.75 Å². The van der Waals surface area contributed by atoms with Gasteiger partial charge in [-0.3, -0.25) is 4.79 Å². The van der Waals surface area contributed by atoms with Crippen LogP contribution in [0.3, 0.4) is 0 Å². The predicted molar refractivity (Wildman–Crippen MR) is 124 cm³/mol. The molecule has 0 aromatic carbocycles. The third kappa shape index (κ3) is 24.1. The number of hydrogen-bond acceptors (Lipinski definition) is 6. The summed E-state index contributed by atoms with van der Waals surface area (Å²) in [7, 11) is 0. The number of aliphatic hydroxyl groups is 3. The largest absolute Gasteiger partial charge is 0.481 e. The van der Waals surface area contributed by atoms with Crippen LogP contribution in [0, 0.1) is 0 Å². The van der Waals surface area contributed by atoms with Gasteiger partial charge in [-0.1, -0.05) is 71.1 Å². The Hall–Kier alpha value is 0.0500. The Balaban J connectivity index is 0. The van der Waals surface area contributed by atoms with Gasteiger partial charge in [0.1, 0.15) is 0 Å². The van der Waals surface area contributed by atoms with Crippen LogP contribution >= 0.6 is 25.3 Å². The summed E-state index contributed by atoms with van der Waals surface area (Å²) in [6.45, 7) is 2.03. The van der Waals surface area contributed by atoms with Crippen molar-refractivity contribution >= 4 is 31.2 Å². The highest BCUT2D eigenvalue weighted by atomic mass is 32.1. The highest BCUT2D eigenvalue weighted by Crippen LogP contribution is 2.18. The maximum atomic E-state index is 10.4. The highest BCUT2D eigenvalue weighted by Gasteiger charge is 2.14. The van der Waals surface area contributed by atoms with Crippen LogP contribution in [0.1, 0.15) is 96.8 Å². The lowest BCUT2D eigenvalue weighted by Crippen LogP contribution is -2.20. The first-order valence-electron chi connectivity index (χ1n) is 10.9. The average Bonchev–Trinajstić information content (AvgIpc) is 2.69. The van der Waals surface area contributed by atoms with E-state index in [1.165, 1.54) is 32.1 Å². The van der Waals surface area contributed by atoms with Crippen molar-refractivity contribution in [1.29, 1.82) is 0 Å². The topological polar surface area (TPSA) is 98.0 Å². The van der Waals surface area contributed by atoms with Gasteiger partial charge in [0, 0.05) is 17.4 Å². The van der Waals surface area contributed by atoms with Crippen molar-refractivity contribution in [3.05, 3.63) is 0 Å². The molecule has 170 valence electrons. The van der Waals surface area contributed by atoms with Gasteiger partial charge >= 0.3 is 5.97 Å². The molecule has 4 N–H and O–H groups in total. The van der Waals surface area contributed by atoms with Gasteiger partial charge in [-0.2, -0.15) is 25.3 Å². The molecule has 0 saturated heterocycles. The number of carbonyl (C=O) groups is 1. The van der Waals surface area contributed by atoms with E-state index in [1.807, 2.05) is 0 Å². The number of unbranched alkanes of at least 4 members (excludes halogenated alkanes) is 9. The Morgan fingerprint density at radius 3 is 1.82 bits per heavy atom. The van der Waals surface area contributed by atoms with Gasteiger partial charge in [0.15, 0.2) is 0 Å². The summed E-state index contributed by atoms with van der Waals surface area (Å²) in [5.74, 6) is -0.371. The molecule has 0 heterocycles. The molecule has 0 rings (SSSR count). The standard InChI is InChI=1S/C18H36O3S.C3H8O2S/c1-2-3-4-5-7-10-13-16(19)17(22)14-11-8-6-9-12-15-18(20)21;4-1-3(5)2-6/h16-17,19,22H,2-15H2,1H3,(H,20,21);3-6H,1-2H2. The lowest BCUT2D eigenvalue weighted by atomic mass is 10.0. The Morgan fingerprint density at radius 2 is 1.36 bits per heavy atom. The molecule has 7 heteroatoms. The second-order valence-corrected chi connectivity index (χ2v) is 8.44. The minimum Gasteiger partial charge on any atom is -0.481 e. The van der Waals surface area contributed by atoms with Crippen LogP contribution in [-0.4, -0.2) is 56.2 Å². The van der Waals surface area contributed by atoms with Crippen molar-refractivity contribution in [2.75, 3.05) is 12.4 Å². The van der Waals surface area contributed by atoms with Crippen molar-refractivity contribution < 1.29 is 25.2 Å². The zero-order valence-corrected chi connectivity index (χ0v) is 19.4. The summed E-state index contributed by atoms with van der Waals surface area (Å²) >= 11 is 8.21. The van der Waals surface area contributed by atoms with E-state index < -0.39 is 12.1 Å². The fraction of sp³-hybridized carbons (Fsp3) is 0.952.